The van der Waals surface area contributed by atoms with E-state index in [1.165, 1.54) is 11.3 Å². The number of rotatable bonds is 3. The average molecular weight is 161 g/mol. The van der Waals surface area contributed by atoms with Gasteiger partial charge in [0.15, 0.2) is 0 Å². The summed E-state index contributed by atoms with van der Waals surface area (Å²) in [6, 6.07) is 8.38. The smallest absolute Gasteiger partial charge is 0.0396 e. The SMILES string of the molecule is C=CCc1ccccc1N(C)C. The monoisotopic (exact) mass is 161 g/mol. The van der Waals surface area contributed by atoms with Crippen molar-refractivity contribution in [3.63, 3.8) is 0 Å². The lowest BCUT2D eigenvalue weighted by Crippen LogP contribution is -2.10. The van der Waals surface area contributed by atoms with Gasteiger partial charge in [-0.25, -0.2) is 0 Å². The largest absolute Gasteiger partial charge is 0.377 e. The van der Waals surface area contributed by atoms with Gasteiger partial charge in [0.05, 0.1) is 0 Å². The van der Waals surface area contributed by atoms with Crippen molar-refractivity contribution >= 4 is 5.69 Å². The number of nitrogens with zero attached hydrogens (tertiary/aromatic N) is 1. The van der Waals surface area contributed by atoms with E-state index in [1.807, 2.05) is 6.08 Å². The lowest BCUT2D eigenvalue weighted by molar-refractivity contribution is 1.09. The van der Waals surface area contributed by atoms with Crippen molar-refractivity contribution < 1.29 is 0 Å². The van der Waals surface area contributed by atoms with Gasteiger partial charge in [0, 0.05) is 19.8 Å². The minimum Gasteiger partial charge on any atom is -0.377 e. The molecule has 0 radical (unpaired) electrons. The van der Waals surface area contributed by atoms with Crippen molar-refractivity contribution in [2.75, 3.05) is 19.0 Å². The van der Waals surface area contributed by atoms with Gasteiger partial charge in [-0.05, 0) is 18.1 Å². The molecule has 1 heteroatoms. The van der Waals surface area contributed by atoms with Crippen LogP contribution >= 0.6 is 0 Å². The van der Waals surface area contributed by atoms with Gasteiger partial charge in [-0.2, -0.15) is 0 Å². The second kappa shape index (κ2) is 3.96. The molecule has 0 amide bonds. The predicted octanol–water partition coefficient (Wildman–Crippen LogP) is 2.48. The lowest BCUT2D eigenvalue weighted by Gasteiger charge is -2.16. The van der Waals surface area contributed by atoms with Crippen LogP contribution in [0.5, 0.6) is 0 Å². The van der Waals surface area contributed by atoms with E-state index < -0.39 is 0 Å². The first-order valence-corrected chi connectivity index (χ1v) is 4.12. The summed E-state index contributed by atoms with van der Waals surface area (Å²) in [7, 11) is 4.11. The Balaban J connectivity index is 2.99. The zero-order valence-electron chi connectivity index (χ0n) is 7.75. The Kier molecular flexibility index (Phi) is 2.92. The summed E-state index contributed by atoms with van der Waals surface area (Å²) >= 11 is 0. The number of hydrogen-bond acceptors (Lipinski definition) is 1. The van der Waals surface area contributed by atoms with E-state index >= 15 is 0 Å². The van der Waals surface area contributed by atoms with Crippen LogP contribution in [-0.2, 0) is 6.42 Å². The molecule has 12 heavy (non-hydrogen) atoms. The highest BCUT2D eigenvalue weighted by Gasteiger charge is 1.99. The van der Waals surface area contributed by atoms with Gasteiger partial charge in [-0.1, -0.05) is 24.3 Å². The van der Waals surface area contributed by atoms with Crippen molar-refractivity contribution in [1.82, 2.24) is 0 Å². The van der Waals surface area contributed by atoms with E-state index in [9.17, 15) is 0 Å². The molecule has 1 aromatic carbocycles. The summed E-state index contributed by atoms with van der Waals surface area (Å²) in [6.07, 6.45) is 2.87. The summed E-state index contributed by atoms with van der Waals surface area (Å²) in [5.74, 6) is 0. The quantitative estimate of drug-likeness (QED) is 0.616. The summed E-state index contributed by atoms with van der Waals surface area (Å²) in [5.41, 5.74) is 2.61. The maximum atomic E-state index is 3.74. The topological polar surface area (TPSA) is 3.24 Å². The minimum absolute atomic E-state index is 0.939. The van der Waals surface area contributed by atoms with Gasteiger partial charge in [-0.3, -0.25) is 0 Å². The molecule has 0 heterocycles. The Labute approximate surface area is 74.3 Å². The van der Waals surface area contributed by atoms with Crippen molar-refractivity contribution in [3.05, 3.63) is 42.5 Å². The molecule has 0 aliphatic carbocycles. The number of benzene rings is 1. The minimum atomic E-state index is 0.939. The average Bonchev–Trinajstić information content (AvgIpc) is 2.05. The van der Waals surface area contributed by atoms with Crippen molar-refractivity contribution in [3.8, 4) is 0 Å². The van der Waals surface area contributed by atoms with Gasteiger partial charge in [0.25, 0.3) is 0 Å². The third-order valence-electron chi connectivity index (χ3n) is 1.84. The highest BCUT2D eigenvalue weighted by Crippen LogP contribution is 2.18. The van der Waals surface area contributed by atoms with Gasteiger partial charge >= 0.3 is 0 Å². The van der Waals surface area contributed by atoms with Crippen molar-refractivity contribution in [2.24, 2.45) is 0 Å². The molecule has 0 bridgehead atoms. The Hall–Kier alpha value is -1.24. The highest BCUT2D eigenvalue weighted by molar-refractivity contribution is 5.52. The predicted molar refractivity (Wildman–Crippen MR) is 54.7 cm³/mol. The van der Waals surface area contributed by atoms with Crippen LogP contribution in [0.1, 0.15) is 5.56 Å². The molecule has 0 aliphatic rings. The molecule has 0 spiro atoms. The third kappa shape index (κ3) is 1.88. The Morgan fingerprint density at radius 1 is 1.33 bits per heavy atom. The van der Waals surface area contributed by atoms with E-state index in [0.717, 1.165) is 6.42 Å². The summed E-state index contributed by atoms with van der Waals surface area (Å²) in [6.45, 7) is 3.74. The van der Waals surface area contributed by atoms with E-state index in [-0.39, 0.29) is 0 Å². The maximum Gasteiger partial charge on any atom is 0.0396 e. The van der Waals surface area contributed by atoms with Crippen molar-refractivity contribution in [2.45, 2.75) is 6.42 Å². The summed E-state index contributed by atoms with van der Waals surface area (Å²) in [4.78, 5) is 2.12. The Bertz CT molecular complexity index is 263. The molecule has 1 nitrogen and oxygen atoms in total. The molecule has 0 atom stereocenters. The first-order chi connectivity index (χ1) is 5.75. The van der Waals surface area contributed by atoms with Crippen LogP contribution in [0.25, 0.3) is 0 Å². The van der Waals surface area contributed by atoms with Crippen LogP contribution < -0.4 is 4.90 Å². The number of para-hydroxylation sites is 1. The van der Waals surface area contributed by atoms with Crippen LogP contribution in [0, 0.1) is 0 Å². The summed E-state index contributed by atoms with van der Waals surface area (Å²) in [5, 5.41) is 0. The van der Waals surface area contributed by atoms with Crippen molar-refractivity contribution in [1.29, 1.82) is 0 Å². The number of anilines is 1. The van der Waals surface area contributed by atoms with Crippen LogP contribution in [0.15, 0.2) is 36.9 Å². The fraction of sp³-hybridized carbons (Fsp3) is 0.273. The van der Waals surface area contributed by atoms with E-state index in [4.69, 9.17) is 0 Å². The molecule has 64 valence electrons. The summed E-state index contributed by atoms with van der Waals surface area (Å²) < 4.78 is 0. The molecule has 0 aromatic heterocycles. The molecule has 0 fully saturated rings. The molecular weight excluding hydrogens is 146 g/mol. The molecule has 0 unspecified atom stereocenters. The van der Waals surface area contributed by atoms with Gasteiger partial charge in [-0.15, -0.1) is 6.58 Å². The maximum absolute atomic E-state index is 3.74. The highest BCUT2D eigenvalue weighted by atomic mass is 15.1. The van der Waals surface area contributed by atoms with Crippen LogP contribution in [0.2, 0.25) is 0 Å². The second-order valence-electron chi connectivity index (χ2n) is 3.02. The normalized spacial score (nSPS) is 9.50. The fourth-order valence-corrected chi connectivity index (χ4v) is 1.28. The number of hydrogen-bond donors (Lipinski definition) is 0. The van der Waals surface area contributed by atoms with E-state index in [2.05, 4.69) is 49.8 Å². The van der Waals surface area contributed by atoms with Crippen LogP contribution in [-0.4, -0.2) is 14.1 Å². The number of allylic oxidation sites excluding steroid dienone is 1. The Morgan fingerprint density at radius 3 is 2.58 bits per heavy atom. The van der Waals surface area contributed by atoms with E-state index in [1.54, 1.807) is 0 Å². The first-order valence-electron chi connectivity index (χ1n) is 4.12. The fourth-order valence-electron chi connectivity index (χ4n) is 1.28. The van der Waals surface area contributed by atoms with Crippen LogP contribution in [0.4, 0.5) is 5.69 Å². The molecule has 0 saturated heterocycles. The lowest BCUT2D eigenvalue weighted by atomic mass is 10.1. The van der Waals surface area contributed by atoms with Gasteiger partial charge in [0.1, 0.15) is 0 Å². The van der Waals surface area contributed by atoms with Gasteiger partial charge < -0.3 is 4.90 Å². The Morgan fingerprint density at radius 2 is 2.00 bits per heavy atom. The van der Waals surface area contributed by atoms with Gasteiger partial charge in [0.2, 0.25) is 0 Å². The molecule has 0 saturated carbocycles. The van der Waals surface area contributed by atoms with Crippen LogP contribution in [0.3, 0.4) is 0 Å². The first kappa shape index (κ1) is 8.85. The third-order valence-corrected chi connectivity index (χ3v) is 1.84. The molecule has 0 aliphatic heterocycles. The molecular formula is C11H15N. The second-order valence-corrected chi connectivity index (χ2v) is 3.02. The molecule has 0 N–H and O–H groups in total. The molecule has 1 rings (SSSR count). The van der Waals surface area contributed by atoms with E-state index in [0.29, 0.717) is 0 Å². The standard InChI is InChI=1S/C11H15N/c1-4-7-10-8-5-6-9-11(10)12(2)3/h4-6,8-9H,1,7H2,2-3H3. The molecule has 1 aromatic rings. The zero-order chi connectivity index (χ0) is 8.97. The zero-order valence-corrected chi connectivity index (χ0v) is 7.75.